The standard InChI is InChI=1S/C17H15BrFNO3S/c18-13-4-6-15(7-5-13)24-9-8-20-16(21)11-23-17(22)12-2-1-3-14(19)10-12/h1-7,10H,8-9,11H2,(H,20,21). The van der Waals surface area contributed by atoms with Gasteiger partial charge in [-0.3, -0.25) is 4.79 Å². The number of ether oxygens (including phenoxy) is 1. The second-order valence-corrected chi connectivity index (χ2v) is 6.82. The maximum atomic E-state index is 13.0. The Hall–Kier alpha value is -1.86. The van der Waals surface area contributed by atoms with E-state index in [2.05, 4.69) is 21.2 Å². The van der Waals surface area contributed by atoms with Gasteiger partial charge in [0, 0.05) is 21.7 Å². The van der Waals surface area contributed by atoms with Gasteiger partial charge in [-0.25, -0.2) is 9.18 Å². The lowest BCUT2D eigenvalue weighted by atomic mass is 10.2. The van der Waals surface area contributed by atoms with Gasteiger partial charge < -0.3 is 10.1 Å². The summed E-state index contributed by atoms with van der Waals surface area (Å²) >= 11 is 4.98. The molecule has 0 spiro atoms. The van der Waals surface area contributed by atoms with Crippen molar-refractivity contribution in [2.24, 2.45) is 0 Å². The van der Waals surface area contributed by atoms with Crippen LogP contribution in [0.15, 0.2) is 57.9 Å². The van der Waals surface area contributed by atoms with Crippen molar-refractivity contribution in [2.45, 2.75) is 4.90 Å². The van der Waals surface area contributed by atoms with Crippen LogP contribution in [0.5, 0.6) is 0 Å². The van der Waals surface area contributed by atoms with E-state index < -0.39 is 24.3 Å². The minimum absolute atomic E-state index is 0.0774. The predicted molar refractivity (Wildman–Crippen MR) is 94.6 cm³/mol. The highest BCUT2D eigenvalue weighted by Gasteiger charge is 2.10. The molecule has 0 bridgehead atoms. The van der Waals surface area contributed by atoms with Gasteiger partial charge in [0.2, 0.25) is 0 Å². The topological polar surface area (TPSA) is 55.4 Å². The van der Waals surface area contributed by atoms with Gasteiger partial charge in [-0.05, 0) is 42.5 Å². The molecule has 0 saturated carbocycles. The summed E-state index contributed by atoms with van der Waals surface area (Å²) in [6.45, 7) is 0.0649. The number of halogens is 2. The molecule has 2 aromatic carbocycles. The Balaban J connectivity index is 1.64. The molecule has 2 rings (SSSR count). The molecule has 24 heavy (non-hydrogen) atoms. The predicted octanol–water partition coefficient (Wildman–Crippen LogP) is 3.65. The molecule has 4 nitrogen and oxygen atoms in total. The van der Waals surface area contributed by atoms with Crippen molar-refractivity contribution in [1.29, 1.82) is 0 Å². The van der Waals surface area contributed by atoms with Crippen LogP contribution in [0.4, 0.5) is 4.39 Å². The van der Waals surface area contributed by atoms with Crippen molar-refractivity contribution in [3.05, 3.63) is 64.4 Å². The molecule has 0 heterocycles. The Morgan fingerprint density at radius 2 is 1.92 bits per heavy atom. The van der Waals surface area contributed by atoms with Gasteiger partial charge in [-0.15, -0.1) is 11.8 Å². The number of carbonyl (C=O) groups is 2. The molecule has 126 valence electrons. The average molecular weight is 412 g/mol. The largest absolute Gasteiger partial charge is 0.452 e. The first-order valence-corrected chi connectivity index (χ1v) is 8.90. The normalized spacial score (nSPS) is 10.2. The lowest BCUT2D eigenvalue weighted by Crippen LogP contribution is -2.30. The van der Waals surface area contributed by atoms with Crippen LogP contribution in [0, 0.1) is 5.82 Å². The zero-order chi connectivity index (χ0) is 17.4. The van der Waals surface area contributed by atoms with E-state index in [-0.39, 0.29) is 5.56 Å². The van der Waals surface area contributed by atoms with Gasteiger partial charge in [-0.2, -0.15) is 0 Å². The average Bonchev–Trinajstić information content (AvgIpc) is 2.58. The number of amides is 1. The number of hydrogen-bond donors (Lipinski definition) is 1. The first kappa shape index (κ1) is 18.5. The quantitative estimate of drug-likeness (QED) is 0.429. The molecular formula is C17H15BrFNO3S. The number of thioether (sulfide) groups is 1. The summed E-state index contributed by atoms with van der Waals surface area (Å²) < 4.78 is 18.9. The maximum absolute atomic E-state index is 13.0. The van der Waals surface area contributed by atoms with Crippen LogP contribution in [0.3, 0.4) is 0 Å². The number of rotatable bonds is 7. The van der Waals surface area contributed by atoms with Gasteiger partial charge in [0.1, 0.15) is 5.82 Å². The van der Waals surface area contributed by atoms with Gasteiger partial charge in [0.25, 0.3) is 5.91 Å². The zero-order valence-corrected chi connectivity index (χ0v) is 15.0. The first-order valence-electron chi connectivity index (χ1n) is 7.12. The van der Waals surface area contributed by atoms with Crippen molar-refractivity contribution < 1.29 is 18.7 Å². The van der Waals surface area contributed by atoms with E-state index in [1.54, 1.807) is 11.8 Å². The van der Waals surface area contributed by atoms with Crippen LogP contribution in [0.2, 0.25) is 0 Å². The molecule has 1 N–H and O–H groups in total. The number of nitrogens with one attached hydrogen (secondary N) is 1. The van der Waals surface area contributed by atoms with Crippen molar-refractivity contribution in [3.8, 4) is 0 Å². The van der Waals surface area contributed by atoms with Crippen LogP contribution in [-0.2, 0) is 9.53 Å². The third-order valence-electron chi connectivity index (χ3n) is 2.90. The summed E-state index contributed by atoms with van der Waals surface area (Å²) in [6, 6.07) is 13.0. The fraction of sp³-hybridized carbons (Fsp3) is 0.176. The minimum atomic E-state index is -0.728. The van der Waals surface area contributed by atoms with E-state index in [1.165, 1.54) is 18.2 Å². The van der Waals surface area contributed by atoms with Crippen LogP contribution in [-0.4, -0.2) is 30.8 Å². The third kappa shape index (κ3) is 6.33. The molecule has 0 aliphatic heterocycles. The summed E-state index contributed by atoms with van der Waals surface area (Å²) in [5.41, 5.74) is 0.0774. The molecule has 1 amide bonds. The second-order valence-electron chi connectivity index (χ2n) is 4.74. The van der Waals surface area contributed by atoms with E-state index in [9.17, 15) is 14.0 Å². The molecule has 7 heteroatoms. The Labute approximate surface area is 151 Å². The van der Waals surface area contributed by atoms with Crippen molar-refractivity contribution in [3.63, 3.8) is 0 Å². The Kier molecular flexibility index (Phi) is 7.27. The van der Waals surface area contributed by atoms with Crippen molar-refractivity contribution in [2.75, 3.05) is 18.9 Å². The molecule has 0 aliphatic carbocycles. The monoisotopic (exact) mass is 411 g/mol. The van der Waals surface area contributed by atoms with Crippen LogP contribution in [0.25, 0.3) is 0 Å². The fourth-order valence-corrected chi connectivity index (χ4v) is 2.80. The summed E-state index contributed by atoms with van der Waals surface area (Å²) in [7, 11) is 0. The van der Waals surface area contributed by atoms with Crippen LogP contribution >= 0.6 is 27.7 Å². The Morgan fingerprint density at radius 1 is 1.17 bits per heavy atom. The van der Waals surface area contributed by atoms with Crippen LogP contribution < -0.4 is 5.32 Å². The molecule has 0 unspecified atom stereocenters. The van der Waals surface area contributed by atoms with E-state index in [0.717, 1.165) is 15.4 Å². The molecule has 0 saturated heterocycles. The smallest absolute Gasteiger partial charge is 0.338 e. The van der Waals surface area contributed by atoms with Gasteiger partial charge in [0.05, 0.1) is 5.56 Å². The summed E-state index contributed by atoms with van der Waals surface area (Å²) in [6.07, 6.45) is 0. The fourth-order valence-electron chi connectivity index (χ4n) is 1.77. The summed E-state index contributed by atoms with van der Waals surface area (Å²) in [5, 5.41) is 2.66. The van der Waals surface area contributed by atoms with E-state index >= 15 is 0 Å². The Morgan fingerprint density at radius 3 is 2.62 bits per heavy atom. The SMILES string of the molecule is O=C(COC(=O)c1cccc(F)c1)NCCSc1ccc(Br)cc1. The molecule has 0 aromatic heterocycles. The minimum Gasteiger partial charge on any atom is -0.452 e. The first-order chi connectivity index (χ1) is 11.5. The highest BCUT2D eigenvalue weighted by molar-refractivity contribution is 9.10. The van der Waals surface area contributed by atoms with Crippen molar-refractivity contribution >= 4 is 39.6 Å². The number of carbonyl (C=O) groups excluding carboxylic acids is 2. The summed E-state index contributed by atoms with van der Waals surface area (Å²) in [5.74, 6) is -0.950. The molecular weight excluding hydrogens is 397 g/mol. The van der Waals surface area contributed by atoms with E-state index in [4.69, 9.17) is 4.74 Å². The molecule has 0 fully saturated rings. The molecule has 0 atom stereocenters. The molecule has 0 radical (unpaired) electrons. The maximum Gasteiger partial charge on any atom is 0.338 e. The van der Waals surface area contributed by atoms with Gasteiger partial charge in [-0.1, -0.05) is 22.0 Å². The molecule has 0 aliphatic rings. The number of esters is 1. The van der Waals surface area contributed by atoms with Crippen LogP contribution in [0.1, 0.15) is 10.4 Å². The van der Waals surface area contributed by atoms with Gasteiger partial charge >= 0.3 is 5.97 Å². The highest BCUT2D eigenvalue weighted by Crippen LogP contribution is 2.19. The van der Waals surface area contributed by atoms with Crippen molar-refractivity contribution in [1.82, 2.24) is 5.32 Å². The lowest BCUT2D eigenvalue weighted by Gasteiger charge is -2.07. The summed E-state index contributed by atoms with van der Waals surface area (Å²) in [4.78, 5) is 24.4. The van der Waals surface area contributed by atoms with Gasteiger partial charge in [0.15, 0.2) is 6.61 Å². The highest BCUT2D eigenvalue weighted by atomic mass is 79.9. The number of hydrogen-bond acceptors (Lipinski definition) is 4. The van der Waals surface area contributed by atoms with E-state index in [1.807, 2.05) is 24.3 Å². The third-order valence-corrected chi connectivity index (χ3v) is 4.44. The number of benzene rings is 2. The van der Waals surface area contributed by atoms with E-state index in [0.29, 0.717) is 12.3 Å². The second kappa shape index (κ2) is 9.44. The lowest BCUT2D eigenvalue weighted by molar-refractivity contribution is -0.124. The molecule has 2 aromatic rings. The Bertz CT molecular complexity index is 709. The zero-order valence-electron chi connectivity index (χ0n) is 12.6.